The van der Waals surface area contributed by atoms with Crippen LogP contribution in [0.1, 0.15) is 18.0 Å². The summed E-state index contributed by atoms with van der Waals surface area (Å²) in [6.07, 6.45) is 1.69. The lowest BCUT2D eigenvalue weighted by Crippen LogP contribution is -2.29. The van der Waals surface area contributed by atoms with Crippen molar-refractivity contribution in [2.45, 2.75) is 12.5 Å². The van der Waals surface area contributed by atoms with Gasteiger partial charge >= 0.3 is 0 Å². The van der Waals surface area contributed by atoms with E-state index in [1.54, 1.807) is 41.1 Å². The van der Waals surface area contributed by atoms with Crippen molar-refractivity contribution >= 4 is 35.1 Å². The summed E-state index contributed by atoms with van der Waals surface area (Å²) < 4.78 is 7.21. The Labute approximate surface area is 165 Å². The van der Waals surface area contributed by atoms with Gasteiger partial charge in [-0.1, -0.05) is 23.7 Å². The van der Waals surface area contributed by atoms with Crippen LogP contribution in [-0.2, 0) is 9.59 Å². The molecule has 1 atom stereocenters. The zero-order valence-corrected chi connectivity index (χ0v) is 15.4. The summed E-state index contributed by atoms with van der Waals surface area (Å²) in [5.41, 5.74) is 1.55. The minimum atomic E-state index is -0.275. The van der Waals surface area contributed by atoms with E-state index in [9.17, 15) is 9.59 Å². The molecule has 1 aromatic heterocycles. The Morgan fingerprint density at radius 2 is 1.96 bits per heavy atom. The SMILES string of the molecule is O=C(COc1ccc([C@H]2CC(=O)Nc3ncnn32)cc1)Nc1ccc(Cl)cc1. The van der Waals surface area contributed by atoms with Crippen LogP contribution in [0.5, 0.6) is 5.75 Å². The molecule has 0 spiro atoms. The topological polar surface area (TPSA) is 98.1 Å². The van der Waals surface area contributed by atoms with Crippen molar-refractivity contribution in [3.05, 3.63) is 65.4 Å². The van der Waals surface area contributed by atoms with Crippen molar-refractivity contribution in [1.29, 1.82) is 0 Å². The van der Waals surface area contributed by atoms with Crippen molar-refractivity contribution in [2.24, 2.45) is 0 Å². The molecule has 1 aliphatic heterocycles. The number of carbonyl (C=O) groups is 2. The number of hydrogen-bond acceptors (Lipinski definition) is 5. The molecule has 4 rings (SSSR count). The lowest BCUT2D eigenvalue weighted by atomic mass is 10.0. The molecule has 8 nitrogen and oxygen atoms in total. The van der Waals surface area contributed by atoms with Crippen LogP contribution in [0.25, 0.3) is 0 Å². The molecular weight excluding hydrogens is 382 g/mol. The number of halogens is 1. The van der Waals surface area contributed by atoms with E-state index in [1.165, 1.54) is 6.33 Å². The fraction of sp³-hybridized carbons (Fsp3) is 0.158. The molecule has 2 amide bonds. The van der Waals surface area contributed by atoms with Crippen LogP contribution in [0, 0.1) is 0 Å². The van der Waals surface area contributed by atoms with Crippen LogP contribution in [0.2, 0.25) is 5.02 Å². The van der Waals surface area contributed by atoms with Crippen molar-refractivity contribution in [1.82, 2.24) is 14.8 Å². The fourth-order valence-corrected chi connectivity index (χ4v) is 3.06. The van der Waals surface area contributed by atoms with Gasteiger partial charge in [0.05, 0.1) is 12.5 Å². The van der Waals surface area contributed by atoms with Crippen molar-refractivity contribution in [3.63, 3.8) is 0 Å². The van der Waals surface area contributed by atoms with E-state index in [1.807, 2.05) is 12.1 Å². The average molecular weight is 398 g/mol. The Kier molecular flexibility index (Phi) is 4.94. The molecule has 2 aromatic carbocycles. The van der Waals surface area contributed by atoms with Gasteiger partial charge in [0.15, 0.2) is 6.61 Å². The summed E-state index contributed by atoms with van der Waals surface area (Å²) in [6.45, 7) is -0.124. The van der Waals surface area contributed by atoms with E-state index >= 15 is 0 Å². The largest absolute Gasteiger partial charge is 0.484 e. The molecule has 142 valence electrons. The van der Waals surface area contributed by atoms with Gasteiger partial charge in [0.25, 0.3) is 5.91 Å². The number of benzene rings is 2. The lowest BCUT2D eigenvalue weighted by Gasteiger charge is -2.23. The van der Waals surface area contributed by atoms with E-state index in [2.05, 4.69) is 20.7 Å². The third-order valence-electron chi connectivity index (χ3n) is 4.26. The molecule has 0 fully saturated rings. The maximum Gasteiger partial charge on any atom is 0.262 e. The van der Waals surface area contributed by atoms with E-state index in [-0.39, 0.29) is 30.9 Å². The maximum absolute atomic E-state index is 12.0. The first kappa shape index (κ1) is 18.0. The zero-order chi connectivity index (χ0) is 19.5. The summed E-state index contributed by atoms with van der Waals surface area (Å²) in [5, 5.41) is 10.2. The molecule has 0 bridgehead atoms. The van der Waals surface area contributed by atoms with E-state index in [0.717, 1.165) is 5.56 Å². The number of amides is 2. The molecule has 2 N–H and O–H groups in total. The summed E-state index contributed by atoms with van der Waals surface area (Å²) in [5.74, 6) is 0.599. The molecule has 9 heteroatoms. The van der Waals surface area contributed by atoms with Crippen LogP contribution in [0.4, 0.5) is 11.6 Å². The number of anilines is 2. The zero-order valence-electron chi connectivity index (χ0n) is 14.6. The van der Waals surface area contributed by atoms with Crippen LogP contribution < -0.4 is 15.4 Å². The summed E-state index contributed by atoms with van der Waals surface area (Å²) in [4.78, 5) is 27.9. The number of carbonyl (C=O) groups excluding carboxylic acids is 2. The lowest BCUT2D eigenvalue weighted by molar-refractivity contribution is -0.118. The first-order valence-electron chi connectivity index (χ1n) is 8.56. The number of ether oxygens (including phenoxy) is 1. The van der Waals surface area contributed by atoms with Crippen molar-refractivity contribution < 1.29 is 14.3 Å². The number of hydrogen-bond donors (Lipinski definition) is 2. The first-order valence-corrected chi connectivity index (χ1v) is 8.94. The molecule has 3 aromatic rings. The Balaban J connectivity index is 1.37. The van der Waals surface area contributed by atoms with Crippen LogP contribution in [0.3, 0.4) is 0 Å². The smallest absolute Gasteiger partial charge is 0.262 e. The van der Waals surface area contributed by atoms with Gasteiger partial charge in [0.1, 0.15) is 12.1 Å². The predicted octanol–water partition coefficient (Wildman–Crippen LogP) is 2.88. The average Bonchev–Trinajstić information content (AvgIpc) is 3.16. The monoisotopic (exact) mass is 397 g/mol. The number of rotatable bonds is 5. The van der Waals surface area contributed by atoms with E-state index in [0.29, 0.717) is 22.4 Å². The normalized spacial score (nSPS) is 15.5. The summed E-state index contributed by atoms with van der Waals surface area (Å²) in [6, 6.07) is 13.8. The van der Waals surface area contributed by atoms with Gasteiger partial charge in [-0.05, 0) is 42.0 Å². The third kappa shape index (κ3) is 3.96. The van der Waals surface area contributed by atoms with Gasteiger partial charge in [0.2, 0.25) is 11.9 Å². The molecule has 1 aliphatic rings. The Morgan fingerprint density at radius 1 is 1.21 bits per heavy atom. The van der Waals surface area contributed by atoms with Crippen LogP contribution in [-0.4, -0.2) is 33.2 Å². The number of nitrogens with zero attached hydrogens (tertiary/aromatic N) is 3. The highest BCUT2D eigenvalue weighted by atomic mass is 35.5. The predicted molar refractivity (Wildman–Crippen MR) is 103 cm³/mol. The number of nitrogens with one attached hydrogen (secondary N) is 2. The van der Waals surface area contributed by atoms with Crippen LogP contribution >= 0.6 is 11.6 Å². The molecule has 0 saturated heterocycles. The van der Waals surface area contributed by atoms with E-state index in [4.69, 9.17) is 16.3 Å². The molecule has 28 heavy (non-hydrogen) atoms. The van der Waals surface area contributed by atoms with Gasteiger partial charge in [-0.15, -0.1) is 0 Å². The summed E-state index contributed by atoms with van der Waals surface area (Å²) >= 11 is 5.82. The second-order valence-electron chi connectivity index (χ2n) is 6.21. The Bertz CT molecular complexity index is 1000. The molecular formula is C19H16ClN5O3. The van der Waals surface area contributed by atoms with Crippen molar-refractivity contribution in [3.8, 4) is 5.75 Å². The maximum atomic E-state index is 12.0. The second kappa shape index (κ2) is 7.69. The minimum absolute atomic E-state index is 0.107. The molecule has 0 aliphatic carbocycles. The Morgan fingerprint density at radius 3 is 2.71 bits per heavy atom. The Hall–Kier alpha value is -3.39. The standard InChI is InChI=1S/C19H16ClN5O3/c20-13-3-5-14(6-4-13)23-18(27)10-28-15-7-1-12(2-8-15)16-9-17(26)24-19-21-11-22-25(16)19/h1-8,11,16H,9-10H2,(H,23,27)(H,21,22,24,26)/t16-/m1/s1. The molecule has 0 radical (unpaired) electrons. The highest BCUT2D eigenvalue weighted by Crippen LogP contribution is 2.29. The quantitative estimate of drug-likeness (QED) is 0.689. The number of aromatic nitrogens is 3. The highest BCUT2D eigenvalue weighted by molar-refractivity contribution is 6.30. The fourth-order valence-electron chi connectivity index (χ4n) is 2.93. The van der Waals surface area contributed by atoms with Crippen molar-refractivity contribution in [2.75, 3.05) is 17.2 Å². The second-order valence-corrected chi connectivity index (χ2v) is 6.65. The van der Waals surface area contributed by atoms with Crippen LogP contribution in [0.15, 0.2) is 54.9 Å². The number of fused-ring (bicyclic) bond motifs is 1. The molecule has 2 heterocycles. The van der Waals surface area contributed by atoms with Gasteiger partial charge in [-0.25, -0.2) is 4.68 Å². The van der Waals surface area contributed by atoms with Gasteiger partial charge in [-0.2, -0.15) is 10.1 Å². The van der Waals surface area contributed by atoms with Gasteiger partial charge < -0.3 is 10.1 Å². The molecule has 0 saturated carbocycles. The highest BCUT2D eigenvalue weighted by Gasteiger charge is 2.27. The van der Waals surface area contributed by atoms with Gasteiger partial charge in [-0.3, -0.25) is 14.9 Å². The first-order chi connectivity index (χ1) is 13.6. The minimum Gasteiger partial charge on any atom is -0.484 e. The third-order valence-corrected chi connectivity index (χ3v) is 4.51. The molecule has 0 unspecified atom stereocenters. The van der Waals surface area contributed by atoms with E-state index < -0.39 is 0 Å². The summed E-state index contributed by atoms with van der Waals surface area (Å²) in [7, 11) is 0. The van der Waals surface area contributed by atoms with Gasteiger partial charge in [0, 0.05) is 10.7 Å².